The first-order valence-corrected chi connectivity index (χ1v) is 7.93. The SMILES string of the molecule is N#CCC1(n2ccc(-c3ccnc4c3ccn4P)c2)CC(=O)C1. The van der Waals surface area contributed by atoms with Crippen LogP contribution in [-0.2, 0) is 10.3 Å². The van der Waals surface area contributed by atoms with Crippen molar-refractivity contribution in [3.05, 3.63) is 43.0 Å². The Morgan fingerprint density at radius 1 is 1.30 bits per heavy atom. The summed E-state index contributed by atoms with van der Waals surface area (Å²) >= 11 is 0. The number of carbonyl (C=O) groups excluding carboxylic acids is 1. The zero-order valence-electron chi connectivity index (χ0n) is 12.4. The van der Waals surface area contributed by atoms with E-state index in [-0.39, 0.29) is 11.3 Å². The minimum Gasteiger partial charge on any atom is -0.346 e. The lowest BCUT2D eigenvalue weighted by molar-refractivity contribution is -0.131. The third kappa shape index (κ3) is 2.10. The van der Waals surface area contributed by atoms with Gasteiger partial charge in [0.25, 0.3) is 0 Å². The van der Waals surface area contributed by atoms with Crippen LogP contribution in [-0.4, -0.2) is 19.7 Å². The lowest BCUT2D eigenvalue weighted by atomic mass is 9.73. The fourth-order valence-corrected chi connectivity index (χ4v) is 3.68. The van der Waals surface area contributed by atoms with E-state index in [9.17, 15) is 4.79 Å². The average molecular weight is 322 g/mol. The van der Waals surface area contributed by atoms with Crippen molar-refractivity contribution in [3.63, 3.8) is 0 Å². The Morgan fingerprint density at radius 3 is 2.87 bits per heavy atom. The van der Waals surface area contributed by atoms with Crippen LogP contribution in [0.2, 0.25) is 0 Å². The molecule has 114 valence electrons. The van der Waals surface area contributed by atoms with Crippen LogP contribution in [0, 0.1) is 11.3 Å². The van der Waals surface area contributed by atoms with Gasteiger partial charge in [-0.2, -0.15) is 5.26 Å². The zero-order valence-corrected chi connectivity index (χ0v) is 13.6. The highest BCUT2D eigenvalue weighted by molar-refractivity contribution is 7.14. The minimum atomic E-state index is -0.358. The topological polar surface area (TPSA) is 63.6 Å². The summed E-state index contributed by atoms with van der Waals surface area (Å²) in [5, 5.41) is 10.2. The van der Waals surface area contributed by atoms with Crippen molar-refractivity contribution < 1.29 is 4.79 Å². The Morgan fingerprint density at radius 2 is 2.13 bits per heavy atom. The number of ketones is 1. The van der Waals surface area contributed by atoms with Gasteiger partial charge in [0.1, 0.15) is 11.4 Å². The van der Waals surface area contributed by atoms with Gasteiger partial charge in [-0.1, -0.05) is 0 Å². The first-order valence-electron chi connectivity index (χ1n) is 7.42. The first-order chi connectivity index (χ1) is 11.1. The Labute approximate surface area is 135 Å². The maximum absolute atomic E-state index is 11.5. The normalized spacial score (nSPS) is 16.3. The third-order valence-electron chi connectivity index (χ3n) is 4.63. The fraction of sp³-hybridized carbons (Fsp3) is 0.235. The largest absolute Gasteiger partial charge is 0.346 e. The first kappa shape index (κ1) is 14.2. The highest BCUT2D eigenvalue weighted by atomic mass is 31.0. The van der Waals surface area contributed by atoms with Crippen LogP contribution in [0.4, 0.5) is 0 Å². The van der Waals surface area contributed by atoms with Gasteiger partial charge in [-0.25, -0.2) is 4.98 Å². The molecule has 5 nitrogen and oxygen atoms in total. The Hall–Kier alpha value is -2.44. The van der Waals surface area contributed by atoms with Crippen molar-refractivity contribution >= 4 is 26.2 Å². The molecule has 1 fully saturated rings. The van der Waals surface area contributed by atoms with Gasteiger partial charge in [-0.05, 0) is 33.2 Å². The Bertz CT molecular complexity index is 955. The lowest BCUT2D eigenvalue weighted by Gasteiger charge is -2.40. The third-order valence-corrected chi connectivity index (χ3v) is 5.04. The predicted octanol–water partition coefficient (Wildman–Crippen LogP) is 3.11. The number of aromatic nitrogens is 3. The molecule has 23 heavy (non-hydrogen) atoms. The molecule has 6 heteroatoms. The van der Waals surface area contributed by atoms with E-state index in [0.717, 1.165) is 22.2 Å². The van der Waals surface area contributed by atoms with Gasteiger partial charge in [0.15, 0.2) is 0 Å². The summed E-state index contributed by atoms with van der Waals surface area (Å²) in [6.07, 6.45) is 9.03. The van der Waals surface area contributed by atoms with E-state index in [1.165, 1.54) is 0 Å². The van der Waals surface area contributed by atoms with Crippen molar-refractivity contribution in [2.75, 3.05) is 0 Å². The summed E-state index contributed by atoms with van der Waals surface area (Å²) in [6, 6.07) is 8.30. The molecule has 3 aromatic heterocycles. The number of hydrogen-bond acceptors (Lipinski definition) is 3. The Balaban J connectivity index is 1.78. The van der Waals surface area contributed by atoms with Gasteiger partial charge in [-0.3, -0.25) is 4.79 Å². The number of Topliss-reactive ketones (excluding diaryl/α,β-unsaturated/α-hetero) is 1. The molecule has 1 aliphatic carbocycles. The number of pyridine rings is 1. The van der Waals surface area contributed by atoms with Crippen LogP contribution >= 0.6 is 9.39 Å². The summed E-state index contributed by atoms with van der Waals surface area (Å²) in [7, 11) is 2.63. The molecule has 0 aromatic carbocycles. The molecule has 4 rings (SSSR count). The summed E-state index contributed by atoms with van der Waals surface area (Å²) in [5.41, 5.74) is 2.73. The van der Waals surface area contributed by atoms with Gasteiger partial charge >= 0.3 is 0 Å². The van der Waals surface area contributed by atoms with Crippen LogP contribution in [0.25, 0.3) is 22.2 Å². The monoisotopic (exact) mass is 322 g/mol. The van der Waals surface area contributed by atoms with E-state index in [1.807, 2.05) is 45.7 Å². The van der Waals surface area contributed by atoms with Crippen LogP contribution in [0.15, 0.2) is 43.0 Å². The molecule has 3 aromatic rings. The van der Waals surface area contributed by atoms with Crippen molar-refractivity contribution in [2.45, 2.75) is 24.8 Å². The summed E-state index contributed by atoms with van der Waals surface area (Å²) in [6.45, 7) is 0. The molecule has 0 N–H and O–H groups in total. The molecule has 0 spiro atoms. The standard InChI is InChI=1S/C17H15N4OP/c18-5-4-17(9-13(22)10-17)20-7-2-12(11-20)14-1-6-19-16-15(14)3-8-21(16)23/h1-3,6-8,11H,4,9-10,23H2. The molecule has 1 atom stereocenters. The number of fused-ring (bicyclic) bond motifs is 1. The van der Waals surface area contributed by atoms with E-state index < -0.39 is 0 Å². The van der Waals surface area contributed by atoms with E-state index in [2.05, 4.69) is 20.4 Å². The molecular weight excluding hydrogens is 307 g/mol. The van der Waals surface area contributed by atoms with E-state index in [0.29, 0.717) is 19.3 Å². The number of carbonyl (C=O) groups is 1. The molecule has 1 saturated carbocycles. The molecule has 1 unspecified atom stereocenters. The molecule has 1 aliphatic rings. The van der Waals surface area contributed by atoms with Crippen LogP contribution in [0.1, 0.15) is 19.3 Å². The molecule has 3 heterocycles. The van der Waals surface area contributed by atoms with Gasteiger partial charge in [0.2, 0.25) is 0 Å². The van der Waals surface area contributed by atoms with Crippen molar-refractivity contribution in [1.29, 1.82) is 5.26 Å². The highest BCUT2D eigenvalue weighted by Gasteiger charge is 2.44. The highest BCUT2D eigenvalue weighted by Crippen LogP contribution is 2.41. The second-order valence-electron chi connectivity index (χ2n) is 6.08. The molecule has 0 saturated heterocycles. The van der Waals surface area contributed by atoms with E-state index >= 15 is 0 Å². The minimum absolute atomic E-state index is 0.224. The fourth-order valence-electron chi connectivity index (χ4n) is 3.39. The predicted molar refractivity (Wildman–Crippen MR) is 90.7 cm³/mol. The quantitative estimate of drug-likeness (QED) is 0.696. The second kappa shape index (κ2) is 5.04. The molecule has 0 amide bonds. The lowest BCUT2D eigenvalue weighted by Crippen LogP contribution is -2.45. The molecule has 0 bridgehead atoms. The molecule has 0 radical (unpaired) electrons. The maximum atomic E-state index is 11.5. The summed E-state index contributed by atoms with van der Waals surface area (Å²) in [4.78, 5) is 15.9. The van der Waals surface area contributed by atoms with E-state index in [1.54, 1.807) is 6.20 Å². The number of rotatable bonds is 3. The maximum Gasteiger partial charge on any atom is 0.143 e. The summed E-state index contributed by atoms with van der Waals surface area (Å²) < 4.78 is 3.95. The molecule has 0 aliphatic heterocycles. The van der Waals surface area contributed by atoms with Gasteiger partial charge in [-0.15, -0.1) is 0 Å². The van der Waals surface area contributed by atoms with Crippen LogP contribution in [0.3, 0.4) is 0 Å². The van der Waals surface area contributed by atoms with E-state index in [4.69, 9.17) is 5.26 Å². The number of hydrogen-bond donors (Lipinski definition) is 0. The van der Waals surface area contributed by atoms with Crippen molar-refractivity contribution in [3.8, 4) is 17.2 Å². The smallest absolute Gasteiger partial charge is 0.143 e. The average Bonchev–Trinajstić information content (AvgIpc) is 3.13. The van der Waals surface area contributed by atoms with Crippen LogP contribution in [0.5, 0.6) is 0 Å². The molecular formula is C17H15N4OP. The zero-order chi connectivity index (χ0) is 16.0. The van der Waals surface area contributed by atoms with Crippen molar-refractivity contribution in [1.82, 2.24) is 13.9 Å². The van der Waals surface area contributed by atoms with Crippen LogP contribution < -0.4 is 0 Å². The second-order valence-corrected chi connectivity index (χ2v) is 6.63. The number of nitrogens with zero attached hydrogens (tertiary/aromatic N) is 4. The van der Waals surface area contributed by atoms with Gasteiger partial charge in [0, 0.05) is 48.6 Å². The Kier molecular flexibility index (Phi) is 3.11. The van der Waals surface area contributed by atoms with Crippen molar-refractivity contribution in [2.24, 2.45) is 0 Å². The summed E-state index contributed by atoms with van der Waals surface area (Å²) in [5.74, 6) is 0.224. The van der Waals surface area contributed by atoms with Gasteiger partial charge in [0.05, 0.1) is 18.0 Å². The van der Waals surface area contributed by atoms with Gasteiger partial charge < -0.3 is 8.90 Å². The number of nitriles is 1.